The summed E-state index contributed by atoms with van der Waals surface area (Å²) in [5.74, 6) is 0.693. The topological polar surface area (TPSA) is 173 Å². The zero-order chi connectivity index (χ0) is 34.1. The first-order valence-electron chi connectivity index (χ1n) is 16.8. The molecule has 0 saturated carbocycles. The fraction of sp³-hybridized carbons (Fsp3) is 0.486. The van der Waals surface area contributed by atoms with E-state index in [9.17, 15) is 19.5 Å². The van der Waals surface area contributed by atoms with Gasteiger partial charge in [0.15, 0.2) is 0 Å². The number of carbonyl (C=O) groups excluding carboxylic acids is 3. The fourth-order valence-electron chi connectivity index (χ4n) is 6.98. The Labute approximate surface area is 280 Å². The monoisotopic (exact) mass is 655 g/mol. The number of imidazole rings is 1. The number of aromatic nitrogens is 3. The lowest BCUT2D eigenvalue weighted by Crippen LogP contribution is -2.54. The molecule has 2 aromatic heterocycles. The highest BCUT2D eigenvalue weighted by Crippen LogP contribution is 2.34. The molecular formula is C35H45N9O4. The van der Waals surface area contributed by atoms with E-state index < -0.39 is 24.6 Å². The average molecular weight is 656 g/mol. The van der Waals surface area contributed by atoms with Crippen molar-refractivity contribution in [3.05, 3.63) is 54.3 Å². The molecule has 254 valence electrons. The number of likely N-dealkylation sites (tertiary alicyclic amines) is 2. The number of carbonyl (C=O) groups is 3. The fourth-order valence-corrected chi connectivity index (χ4v) is 6.98. The molecule has 0 bridgehead atoms. The van der Waals surface area contributed by atoms with Crippen molar-refractivity contribution in [2.45, 2.75) is 77.0 Å². The summed E-state index contributed by atoms with van der Waals surface area (Å²) in [6.45, 7) is 6.13. The van der Waals surface area contributed by atoms with Crippen molar-refractivity contribution >= 4 is 40.3 Å². The standard InChI is InChI=1S/C35H45N9O4/c1-20(2)32(41-31(46)19-45)35(48)43-13-5-7-28(43)27-16-24(18-37-27)42(4)30-12-10-23(17-38-30)22-9-11-25-26(15-22)40-33(39-25)29-8-6-14-44(29)34(47)21(3)36/h9-12,15,17-18,20-21,28-29,32,45H,5-8,13-14,16,19,36H2,1-4H3,(H,39,40)(H,41,46). The summed E-state index contributed by atoms with van der Waals surface area (Å²) in [4.78, 5) is 61.5. The number of aliphatic imine (C=N–C) groups is 1. The molecule has 2 saturated heterocycles. The summed E-state index contributed by atoms with van der Waals surface area (Å²) >= 11 is 0. The molecule has 5 N–H and O–H groups in total. The van der Waals surface area contributed by atoms with Crippen LogP contribution in [0.5, 0.6) is 0 Å². The van der Waals surface area contributed by atoms with Gasteiger partial charge in [-0.15, -0.1) is 0 Å². The van der Waals surface area contributed by atoms with E-state index in [2.05, 4.69) is 16.4 Å². The quantitative estimate of drug-likeness (QED) is 0.258. The van der Waals surface area contributed by atoms with Crippen LogP contribution in [0.3, 0.4) is 0 Å². The Hall–Kier alpha value is -4.62. The number of nitrogens with zero attached hydrogens (tertiary/aromatic N) is 6. The van der Waals surface area contributed by atoms with E-state index in [0.29, 0.717) is 19.5 Å². The number of H-pyrrole nitrogens is 1. The molecule has 4 unspecified atom stereocenters. The van der Waals surface area contributed by atoms with Crippen LogP contribution in [0.25, 0.3) is 22.2 Å². The summed E-state index contributed by atoms with van der Waals surface area (Å²) < 4.78 is 0. The molecule has 2 fully saturated rings. The van der Waals surface area contributed by atoms with E-state index >= 15 is 0 Å². The van der Waals surface area contributed by atoms with Crippen LogP contribution >= 0.6 is 0 Å². The van der Waals surface area contributed by atoms with E-state index in [1.54, 1.807) is 6.92 Å². The van der Waals surface area contributed by atoms with Crippen molar-refractivity contribution in [1.29, 1.82) is 0 Å². The third-order valence-electron chi connectivity index (χ3n) is 9.65. The highest BCUT2D eigenvalue weighted by Gasteiger charge is 2.38. The van der Waals surface area contributed by atoms with E-state index in [4.69, 9.17) is 20.7 Å². The van der Waals surface area contributed by atoms with Gasteiger partial charge in [0.1, 0.15) is 24.3 Å². The Balaban J connectivity index is 1.11. The van der Waals surface area contributed by atoms with Gasteiger partial charge in [-0.2, -0.15) is 0 Å². The van der Waals surface area contributed by atoms with Gasteiger partial charge in [0, 0.05) is 55.9 Å². The Bertz CT molecular complexity index is 1750. The van der Waals surface area contributed by atoms with Crippen LogP contribution < -0.4 is 16.0 Å². The summed E-state index contributed by atoms with van der Waals surface area (Å²) in [5, 5.41) is 11.9. The summed E-state index contributed by atoms with van der Waals surface area (Å²) in [6.07, 6.45) is 7.74. The molecule has 1 aromatic carbocycles. The molecule has 13 nitrogen and oxygen atoms in total. The molecule has 0 radical (unpaired) electrons. The zero-order valence-electron chi connectivity index (χ0n) is 28.0. The van der Waals surface area contributed by atoms with Crippen LogP contribution in [0.15, 0.2) is 53.4 Å². The van der Waals surface area contributed by atoms with Crippen LogP contribution in [0.1, 0.15) is 64.7 Å². The van der Waals surface area contributed by atoms with Gasteiger partial charge in [-0.3, -0.25) is 19.4 Å². The molecule has 48 heavy (non-hydrogen) atoms. The van der Waals surface area contributed by atoms with Crippen molar-refractivity contribution in [2.75, 3.05) is 31.6 Å². The largest absolute Gasteiger partial charge is 0.387 e. The number of pyridine rings is 1. The molecule has 3 aromatic rings. The van der Waals surface area contributed by atoms with E-state index in [0.717, 1.165) is 70.9 Å². The first-order valence-corrected chi connectivity index (χ1v) is 16.8. The lowest BCUT2D eigenvalue weighted by Gasteiger charge is -2.31. The average Bonchev–Trinajstić information content (AvgIpc) is 3.91. The van der Waals surface area contributed by atoms with Crippen LogP contribution in [-0.2, 0) is 14.4 Å². The number of allylic oxidation sites excluding steroid dienone is 1. The molecule has 13 heteroatoms. The number of nitrogens with one attached hydrogen (secondary N) is 2. The summed E-state index contributed by atoms with van der Waals surface area (Å²) in [5.41, 5.74) is 11.5. The Morgan fingerprint density at radius 3 is 2.42 bits per heavy atom. The highest BCUT2D eigenvalue weighted by atomic mass is 16.3. The van der Waals surface area contributed by atoms with E-state index in [1.807, 2.05) is 72.3 Å². The van der Waals surface area contributed by atoms with Crippen molar-refractivity contribution in [1.82, 2.24) is 30.1 Å². The number of anilines is 1. The Morgan fingerprint density at radius 1 is 1.04 bits per heavy atom. The third-order valence-corrected chi connectivity index (χ3v) is 9.65. The summed E-state index contributed by atoms with van der Waals surface area (Å²) in [7, 11) is 1.96. The number of benzene rings is 1. The van der Waals surface area contributed by atoms with Crippen molar-refractivity contribution in [3.63, 3.8) is 0 Å². The molecule has 6 rings (SSSR count). The number of aromatic amines is 1. The van der Waals surface area contributed by atoms with E-state index in [-0.39, 0.29) is 29.8 Å². The molecule has 5 heterocycles. The predicted molar refractivity (Wildman–Crippen MR) is 184 cm³/mol. The first-order chi connectivity index (χ1) is 23.0. The smallest absolute Gasteiger partial charge is 0.246 e. The molecule has 3 aliphatic heterocycles. The van der Waals surface area contributed by atoms with Gasteiger partial charge in [0.05, 0.1) is 29.2 Å². The third kappa shape index (κ3) is 6.56. The van der Waals surface area contributed by atoms with Gasteiger partial charge >= 0.3 is 0 Å². The number of hydrogen-bond acceptors (Lipinski definition) is 9. The SMILES string of the molecule is CC(N)C(=O)N1CCCC1c1nc2ccc(-c3ccc(N(C)C4=CN=C(C5CCCN5C(=O)C(NC(=O)CO)C(C)C)C4)nc3)cc2[nH]1. The molecule has 4 atom stereocenters. The first kappa shape index (κ1) is 33.3. The van der Waals surface area contributed by atoms with Gasteiger partial charge < -0.3 is 35.8 Å². The van der Waals surface area contributed by atoms with Gasteiger partial charge in [0.2, 0.25) is 17.7 Å². The van der Waals surface area contributed by atoms with E-state index in [1.165, 1.54) is 0 Å². The Kier molecular flexibility index (Phi) is 9.61. The van der Waals surface area contributed by atoms with Crippen LogP contribution in [0, 0.1) is 5.92 Å². The van der Waals surface area contributed by atoms with Crippen LogP contribution in [0.2, 0.25) is 0 Å². The number of aliphatic hydroxyl groups excluding tert-OH is 1. The molecule has 0 aliphatic carbocycles. The summed E-state index contributed by atoms with van der Waals surface area (Å²) in [6, 6.07) is 8.62. The van der Waals surface area contributed by atoms with Gasteiger partial charge in [-0.05, 0) is 68.4 Å². The van der Waals surface area contributed by atoms with Gasteiger partial charge in [0.25, 0.3) is 0 Å². The van der Waals surface area contributed by atoms with Gasteiger partial charge in [-0.1, -0.05) is 19.9 Å². The van der Waals surface area contributed by atoms with Crippen LogP contribution in [-0.4, -0.2) is 98.2 Å². The number of amides is 3. The zero-order valence-corrected chi connectivity index (χ0v) is 28.0. The van der Waals surface area contributed by atoms with Crippen molar-refractivity contribution in [2.24, 2.45) is 16.6 Å². The normalized spacial score (nSPS) is 20.6. The molecule has 3 amide bonds. The van der Waals surface area contributed by atoms with Crippen molar-refractivity contribution in [3.8, 4) is 11.1 Å². The maximum Gasteiger partial charge on any atom is 0.246 e. The Morgan fingerprint density at radius 2 is 1.75 bits per heavy atom. The number of hydrogen-bond donors (Lipinski definition) is 4. The number of nitrogens with two attached hydrogens (primary N) is 1. The second kappa shape index (κ2) is 13.9. The maximum atomic E-state index is 13.5. The van der Waals surface area contributed by atoms with Gasteiger partial charge in [-0.25, -0.2) is 9.97 Å². The highest BCUT2D eigenvalue weighted by molar-refractivity contribution is 5.99. The van der Waals surface area contributed by atoms with Crippen molar-refractivity contribution < 1.29 is 19.5 Å². The molecule has 0 spiro atoms. The lowest BCUT2D eigenvalue weighted by atomic mass is 10.0. The number of aliphatic hydroxyl groups is 1. The number of rotatable bonds is 10. The lowest BCUT2D eigenvalue weighted by molar-refractivity contribution is -0.138. The molecular weight excluding hydrogens is 610 g/mol. The minimum Gasteiger partial charge on any atom is -0.387 e. The minimum atomic E-state index is -0.699. The number of fused-ring (bicyclic) bond motifs is 1. The molecule has 3 aliphatic rings. The predicted octanol–water partition coefficient (Wildman–Crippen LogP) is 2.88. The maximum absolute atomic E-state index is 13.5. The minimum absolute atomic E-state index is 0.0529. The second-order valence-electron chi connectivity index (χ2n) is 13.4. The van der Waals surface area contributed by atoms with Crippen LogP contribution in [0.4, 0.5) is 5.82 Å². The second-order valence-corrected chi connectivity index (χ2v) is 13.4.